The highest BCUT2D eigenvalue weighted by Crippen LogP contribution is 2.30. The third kappa shape index (κ3) is 3.65. The van der Waals surface area contributed by atoms with E-state index in [1.165, 1.54) is 25.7 Å². The van der Waals surface area contributed by atoms with Crippen LogP contribution in [0.3, 0.4) is 0 Å². The van der Waals surface area contributed by atoms with Crippen molar-refractivity contribution in [3.63, 3.8) is 0 Å². The lowest BCUT2D eigenvalue weighted by atomic mass is 10.0. The molecular formula is C12H26N2S. The van der Waals surface area contributed by atoms with Crippen molar-refractivity contribution in [3.05, 3.63) is 0 Å². The average molecular weight is 230 g/mol. The molecule has 2 nitrogen and oxygen atoms in total. The highest BCUT2D eigenvalue weighted by Gasteiger charge is 2.28. The van der Waals surface area contributed by atoms with Gasteiger partial charge in [0.25, 0.3) is 0 Å². The molecule has 2 atom stereocenters. The molecule has 0 aromatic rings. The van der Waals surface area contributed by atoms with Crippen LogP contribution in [0.4, 0.5) is 0 Å². The number of nitrogens with one attached hydrogen (secondary N) is 1. The number of hydrogen-bond acceptors (Lipinski definition) is 3. The number of hydrogen-bond donors (Lipinski definition) is 2. The largest absolute Gasteiger partial charge is 0.328 e. The molecule has 0 bridgehead atoms. The van der Waals surface area contributed by atoms with E-state index in [9.17, 15) is 0 Å². The summed E-state index contributed by atoms with van der Waals surface area (Å²) in [5, 5.41) is 3.70. The van der Waals surface area contributed by atoms with Crippen molar-refractivity contribution < 1.29 is 0 Å². The Morgan fingerprint density at radius 1 is 1.33 bits per heavy atom. The summed E-state index contributed by atoms with van der Waals surface area (Å²) >= 11 is 2.01. The third-order valence-corrected chi connectivity index (χ3v) is 5.50. The standard InChI is InChI=1S/C12H26N2S/c1-4-12(5-2,15-3)9-14-11-7-6-10(13)8-11/h10-11,14H,4-9,13H2,1-3H3. The Labute approximate surface area is 98.8 Å². The van der Waals surface area contributed by atoms with E-state index < -0.39 is 0 Å². The summed E-state index contributed by atoms with van der Waals surface area (Å²) in [6, 6.07) is 1.11. The predicted octanol–water partition coefficient (Wildman–Crippen LogP) is 2.38. The van der Waals surface area contributed by atoms with E-state index in [1.807, 2.05) is 11.8 Å². The van der Waals surface area contributed by atoms with Crippen molar-refractivity contribution in [1.29, 1.82) is 0 Å². The van der Waals surface area contributed by atoms with Crippen molar-refractivity contribution in [3.8, 4) is 0 Å². The van der Waals surface area contributed by atoms with Crippen LogP contribution in [0.2, 0.25) is 0 Å². The molecule has 1 aliphatic carbocycles. The Morgan fingerprint density at radius 3 is 2.40 bits per heavy atom. The van der Waals surface area contributed by atoms with Crippen LogP contribution in [0.25, 0.3) is 0 Å². The smallest absolute Gasteiger partial charge is 0.0276 e. The number of thioether (sulfide) groups is 1. The lowest BCUT2D eigenvalue weighted by Gasteiger charge is -2.31. The van der Waals surface area contributed by atoms with Gasteiger partial charge in [-0.15, -0.1) is 0 Å². The Hall–Kier alpha value is 0.270. The molecule has 0 aromatic carbocycles. The maximum atomic E-state index is 5.92. The lowest BCUT2D eigenvalue weighted by molar-refractivity contribution is 0.439. The maximum absolute atomic E-state index is 5.92. The van der Waals surface area contributed by atoms with Crippen LogP contribution in [0.15, 0.2) is 0 Å². The molecule has 3 heteroatoms. The second-order valence-corrected chi connectivity index (χ2v) is 6.02. The zero-order valence-electron chi connectivity index (χ0n) is 10.4. The van der Waals surface area contributed by atoms with Crippen molar-refractivity contribution in [2.24, 2.45) is 5.73 Å². The Morgan fingerprint density at radius 2 is 2.00 bits per heavy atom. The predicted molar refractivity (Wildman–Crippen MR) is 70.4 cm³/mol. The molecule has 1 fully saturated rings. The summed E-state index contributed by atoms with van der Waals surface area (Å²) in [5.74, 6) is 0. The first-order chi connectivity index (χ1) is 7.15. The molecule has 2 unspecified atom stereocenters. The normalized spacial score (nSPS) is 27.2. The highest BCUT2D eigenvalue weighted by molar-refractivity contribution is 8.00. The molecule has 0 aromatic heterocycles. The van der Waals surface area contributed by atoms with Gasteiger partial charge in [-0.25, -0.2) is 0 Å². The van der Waals surface area contributed by atoms with Gasteiger partial charge in [0.1, 0.15) is 0 Å². The number of rotatable bonds is 6. The fraction of sp³-hybridized carbons (Fsp3) is 1.00. The molecule has 0 saturated heterocycles. The maximum Gasteiger partial charge on any atom is 0.0276 e. The number of nitrogens with two attached hydrogens (primary N) is 1. The van der Waals surface area contributed by atoms with E-state index in [-0.39, 0.29) is 0 Å². The van der Waals surface area contributed by atoms with Crippen molar-refractivity contribution in [1.82, 2.24) is 5.32 Å². The minimum absolute atomic E-state index is 0.437. The van der Waals surface area contributed by atoms with Gasteiger partial charge in [0.15, 0.2) is 0 Å². The van der Waals surface area contributed by atoms with Gasteiger partial charge in [-0.1, -0.05) is 13.8 Å². The van der Waals surface area contributed by atoms with Crippen molar-refractivity contribution in [2.75, 3.05) is 12.8 Å². The molecule has 1 aliphatic rings. The fourth-order valence-corrected chi connectivity index (χ4v) is 3.20. The van der Waals surface area contributed by atoms with Gasteiger partial charge in [-0.3, -0.25) is 0 Å². The van der Waals surface area contributed by atoms with Crippen LogP contribution in [0.5, 0.6) is 0 Å². The molecule has 3 N–H and O–H groups in total. The molecule has 90 valence electrons. The summed E-state index contributed by atoms with van der Waals surface area (Å²) in [6.45, 7) is 5.72. The van der Waals surface area contributed by atoms with Gasteiger partial charge in [-0.2, -0.15) is 11.8 Å². The highest BCUT2D eigenvalue weighted by atomic mass is 32.2. The third-order valence-electron chi connectivity index (χ3n) is 3.91. The molecule has 1 rings (SSSR count). The average Bonchev–Trinajstić information content (AvgIpc) is 2.67. The van der Waals surface area contributed by atoms with Gasteiger partial charge in [0.2, 0.25) is 0 Å². The first-order valence-corrected chi connectivity index (χ1v) is 7.42. The van der Waals surface area contributed by atoms with E-state index in [2.05, 4.69) is 25.4 Å². The minimum Gasteiger partial charge on any atom is -0.328 e. The first-order valence-electron chi connectivity index (χ1n) is 6.20. The SMILES string of the molecule is CCC(CC)(CNC1CCC(N)C1)SC. The summed E-state index contributed by atoms with van der Waals surface area (Å²) < 4.78 is 0.437. The van der Waals surface area contributed by atoms with Gasteiger partial charge in [0, 0.05) is 23.4 Å². The molecule has 0 heterocycles. The van der Waals surface area contributed by atoms with Gasteiger partial charge in [-0.05, 0) is 38.4 Å². The first kappa shape index (κ1) is 13.3. The zero-order chi connectivity index (χ0) is 11.3. The van der Waals surface area contributed by atoms with E-state index in [0.717, 1.165) is 13.0 Å². The molecule has 1 saturated carbocycles. The monoisotopic (exact) mass is 230 g/mol. The van der Waals surface area contributed by atoms with Crippen LogP contribution in [0, 0.1) is 0 Å². The Kier molecular flexibility index (Phi) is 5.44. The summed E-state index contributed by atoms with van der Waals surface area (Å²) in [7, 11) is 0. The molecule has 0 aliphatic heterocycles. The Bertz CT molecular complexity index is 172. The van der Waals surface area contributed by atoms with Crippen LogP contribution in [-0.4, -0.2) is 29.6 Å². The molecular weight excluding hydrogens is 204 g/mol. The lowest BCUT2D eigenvalue weighted by Crippen LogP contribution is -2.41. The Balaban J connectivity index is 2.33. The minimum atomic E-state index is 0.437. The van der Waals surface area contributed by atoms with E-state index >= 15 is 0 Å². The van der Waals surface area contributed by atoms with Crippen LogP contribution >= 0.6 is 11.8 Å². The molecule has 0 spiro atoms. The topological polar surface area (TPSA) is 38.0 Å². The van der Waals surface area contributed by atoms with E-state index in [0.29, 0.717) is 16.8 Å². The quantitative estimate of drug-likeness (QED) is 0.736. The van der Waals surface area contributed by atoms with E-state index in [4.69, 9.17) is 5.73 Å². The van der Waals surface area contributed by atoms with Crippen LogP contribution in [0.1, 0.15) is 46.0 Å². The zero-order valence-corrected chi connectivity index (χ0v) is 11.2. The summed E-state index contributed by atoms with van der Waals surface area (Å²) in [6.07, 6.45) is 8.35. The summed E-state index contributed by atoms with van der Waals surface area (Å²) in [5.41, 5.74) is 5.92. The molecule has 0 amide bonds. The second kappa shape index (κ2) is 6.12. The van der Waals surface area contributed by atoms with Crippen LogP contribution < -0.4 is 11.1 Å². The van der Waals surface area contributed by atoms with Gasteiger partial charge in [0.05, 0.1) is 0 Å². The van der Waals surface area contributed by atoms with Crippen molar-refractivity contribution >= 4 is 11.8 Å². The summed E-state index contributed by atoms with van der Waals surface area (Å²) in [4.78, 5) is 0. The molecule has 15 heavy (non-hydrogen) atoms. The van der Waals surface area contributed by atoms with Crippen LogP contribution in [-0.2, 0) is 0 Å². The van der Waals surface area contributed by atoms with Gasteiger partial charge < -0.3 is 11.1 Å². The molecule has 0 radical (unpaired) electrons. The fourth-order valence-electron chi connectivity index (χ4n) is 2.39. The second-order valence-electron chi connectivity index (χ2n) is 4.75. The van der Waals surface area contributed by atoms with Gasteiger partial charge >= 0.3 is 0 Å². The van der Waals surface area contributed by atoms with E-state index in [1.54, 1.807) is 0 Å². The van der Waals surface area contributed by atoms with Crippen molar-refractivity contribution in [2.45, 2.75) is 62.8 Å².